The Balaban J connectivity index is 1.97. The minimum Gasteiger partial charge on any atom is -0.364 e. The van der Waals surface area contributed by atoms with Crippen molar-refractivity contribution in [3.8, 4) is 0 Å². The van der Waals surface area contributed by atoms with Crippen LogP contribution in [0.5, 0.6) is 0 Å². The van der Waals surface area contributed by atoms with Gasteiger partial charge in [-0.05, 0) is 36.5 Å². The number of nitrogens with one attached hydrogen (secondary N) is 1. The van der Waals surface area contributed by atoms with E-state index in [0.717, 1.165) is 42.1 Å². The van der Waals surface area contributed by atoms with Crippen molar-refractivity contribution in [3.05, 3.63) is 51.0 Å². The van der Waals surface area contributed by atoms with Crippen molar-refractivity contribution >= 4 is 43.5 Å². The summed E-state index contributed by atoms with van der Waals surface area (Å²) in [4.78, 5) is 10.7. The van der Waals surface area contributed by atoms with Gasteiger partial charge in [0.15, 0.2) is 14.8 Å². The number of nitrogens with zero attached hydrogens (tertiary/aromatic N) is 1. The van der Waals surface area contributed by atoms with Crippen LogP contribution in [0.15, 0.2) is 34.5 Å². The van der Waals surface area contributed by atoms with Crippen molar-refractivity contribution in [2.75, 3.05) is 11.6 Å². The lowest BCUT2D eigenvalue weighted by Crippen LogP contribution is -2.12. The molecular weight excluding hydrogens is 372 g/mol. The van der Waals surface area contributed by atoms with Gasteiger partial charge in [-0.15, -0.1) is 0 Å². The second-order valence-electron chi connectivity index (χ2n) is 5.82. The van der Waals surface area contributed by atoms with E-state index in [-0.39, 0.29) is 20.9 Å². The van der Waals surface area contributed by atoms with Crippen LogP contribution >= 0.6 is 22.9 Å². The Hall–Kier alpha value is -1.64. The van der Waals surface area contributed by atoms with Crippen LogP contribution < -0.4 is 5.32 Å². The molecule has 1 aliphatic rings. The molecule has 1 unspecified atom stereocenters. The van der Waals surface area contributed by atoms with Gasteiger partial charge in [0.1, 0.15) is 4.21 Å². The minimum absolute atomic E-state index is 0.0117. The monoisotopic (exact) mass is 386 g/mol. The Morgan fingerprint density at radius 3 is 2.46 bits per heavy atom. The highest BCUT2D eigenvalue weighted by molar-refractivity contribution is 7.92. The molecule has 0 bridgehead atoms. The van der Waals surface area contributed by atoms with E-state index in [9.17, 15) is 18.5 Å². The third kappa shape index (κ3) is 3.71. The second kappa shape index (κ2) is 6.34. The van der Waals surface area contributed by atoms with Crippen molar-refractivity contribution in [3.63, 3.8) is 0 Å². The summed E-state index contributed by atoms with van der Waals surface area (Å²) < 4.78 is 23.4. The molecule has 24 heavy (non-hydrogen) atoms. The van der Waals surface area contributed by atoms with Gasteiger partial charge in [0, 0.05) is 17.3 Å². The predicted molar refractivity (Wildman–Crippen MR) is 94.6 cm³/mol. The zero-order chi connectivity index (χ0) is 17.5. The molecule has 0 aliphatic heterocycles. The zero-order valence-corrected chi connectivity index (χ0v) is 15.1. The van der Waals surface area contributed by atoms with E-state index < -0.39 is 14.8 Å². The van der Waals surface area contributed by atoms with Crippen molar-refractivity contribution in [1.82, 2.24) is 0 Å². The highest BCUT2D eigenvalue weighted by Gasteiger charge is 2.35. The van der Waals surface area contributed by atoms with E-state index in [1.54, 1.807) is 12.1 Å². The molecule has 0 amide bonds. The molecule has 9 heteroatoms. The molecule has 0 saturated heterocycles. The summed E-state index contributed by atoms with van der Waals surface area (Å²) in [6.07, 6.45) is 3.10. The normalized spacial score (nSPS) is 15.9. The number of halogens is 1. The first-order valence-corrected chi connectivity index (χ1v) is 10.3. The van der Waals surface area contributed by atoms with Gasteiger partial charge in [0.2, 0.25) is 0 Å². The van der Waals surface area contributed by atoms with E-state index in [1.165, 1.54) is 0 Å². The molecule has 2 aromatic rings. The number of thiophene rings is 1. The van der Waals surface area contributed by atoms with Crippen LogP contribution in [0.1, 0.15) is 24.4 Å². The first kappa shape index (κ1) is 17.2. The van der Waals surface area contributed by atoms with Crippen LogP contribution in [0.4, 0.5) is 10.7 Å². The van der Waals surface area contributed by atoms with Gasteiger partial charge >= 0.3 is 5.69 Å². The molecule has 1 fully saturated rings. The third-order valence-electron chi connectivity index (χ3n) is 3.86. The van der Waals surface area contributed by atoms with Gasteiger partial charge < -0.3 is 5.32 Å². The van der Waals surface area contributed by atoms with E-state index in [4.69, 9.17) is 11.6 Å². The average Bonchev–Trinajstić information content (AvgIpc) is 3.23. The van der Waals surface area contributed by atoms with E-state index in [1.807, 2.05) is 12.1 Å². The van der Waals surface area contributed by atoms with Crippen LogP contribution in [0.2, 0.25) is 5.02 Å². The lowest BCUT2D eigenvalue weighted by atomic mass is 10.0. The first-order chi connectivity index (χ1) is 11.3. The van der Waals surface area contributed by atoms with Crippen molar-refractivity contribution < 1.29 is 13.3 Å². The first-order valence-electron chi connectivity index (χ1n) is 7.26. The number of benzene rings is 1. The van der Waals surface area contributed by atoms with Crippen LogP contribution in [0.3, 0.4) is 0 Å². The molecule has 1 atom stereocenters. The molecule has 6 nitrogen and oxygen atoms in total. The Bertz CT molecular complexity index is 873. The lowest BCUT2D eigenvalue weighted by Gasteiger charge is -2.18. The Morgan fingerprint density at radius 2 is 1.96 bits per heavy atom. The zero-order valence-electron chi connectivity index (χ0n) is 12.7. The maximum atomic E-state index is 11.7. The molecule has 1 saturated carbocycles. The quantitative estimate of drug-likeness (QED) is 0.591. The summed E-state index contributed by atoms with van der Waals surface area (Å²) >= 11 is 6.82. The molecule has 3 rings (SSSR count). The van der Waals surface area contributed by atoms with Gasteiger partial charge in [-0.2, -0.15) is 0 Å². The molecule has 1 heterocycles. The number of anilines is 1. The summed E-state index contributed by atoms with van der Waals surface area (Å²) in [5.74, 6) is 0.370. The highest BCUT2D eigenvalue weighted by Crippen LogP contribution is 2.46. The molecule has 1 aliphatic carbocycles. The van der Waals surface area contributed by atoms with E-state index in [0.29, 0.717) is 10.9 Å². The van der Waals surface area contributed by atoms with Crippen LogP contribution in [0, 0.1) is 16.0 Å². The number of rotatable bonds is 6. The van der Waals surface area contributed by atoms with Crippen LogP contribution in [-0.4, -0.2) is 19.6 Å². The highest BCUT2D eigenvalue weighted by atomic mass is 35.5. The smallest absolute Gasteiger partial charge is 0.304 e. The molecular formula is C15H15ClN2O4S2. The van der Waals surface area contributed by atoms with Crippen molar-refractivity contribution in [1.29, 1.82) is 0 Å². The predicted octanol–water partition coefficient (Wildman–Crippen LogP) is 4.28. The fourth-order valence-electron chi connectivity index (χ4n) is 2.50. The summed E-state index contributed by atoms with van der Waals surface area (Å²) in [5.41, 5.74) is 0.769. The standard InChI is InChI=1S/C15H15ClN2O4S2/c1-24(21,22)13-8-12(18(19)20)15(23-13)17-14(9-2-3-9)10-4-6-11(16)7-5-10/h4-9,14,17H,2-3H2,1H3. The largest absolute Gasteiger partial charge is 0.364 e. The maximum absolute atomic E-state index is 11.7. The molecule has 1 aromatic heterocycles. The van der Waals surface area contributed by atoms with Crippen LogP contribution in [0.25, 0.3) is 0 Å². The number of sulfone groups is 1. The van der Waals surface area contributed by atoms with Crippen LogP contribution in [-0.2, 0) is 9.84 Å². The van der Waals surface area contributed by atoms with Gasteiger partial charge in [0.05, 0.1) is 11.0 Å². The van der Waals surface area contributed by atoms with E-state index in [2.05, 4.69) is 5.32 Å². The molecule has 1 aromatic carbocycles. The van der Waals surface area contributed by atoms with Crippen molar-refractivity contribution in [2.24, 2.45) is 5.92 Å². The Kier molecular flexibility index (Phi) is 4.54. The van der Waals surface area contributed by atoms with E-state index >= 15 is 0 Å². The van der Waals surface area contributed by atoms with Gasteiger partial charge in [-0.25, -0.2) is 8.42 Å². The fraction of sp³-hybridized carbons (Fsp3) is 0.333. The molecule has 128 valence electrons. The van der Waals surface area contributed by atoms with Gasteiger partial charge in [-0.1, -0.05) is 35.1 Å². The SMILES string of the molecule is CS(=O)(=O)c1cc([N+](=O)[O-])c(NC(c2ccc(Cl)cc2)C2CC2)s1. The van der Waals surface area contributed by atoms with Gasteiger partial charge in [-0.3, -0.25) is 10.1 Å². The topological polar surface area (TPSA) is 89.3 Å². The second-order valence-corrected chi connectivity index (χ2v) is 9.55. The third-order valence-corrected chi connectivity index (χ3v) is 6.97. The maximum Gasteiger partial charge on any atom is 0.304 e. The molecule has 1 N–H and O–H groups in total. The Morgan fingerprint density at radius 1 is 1.33 bits per heavy atom. The number of hydrogen-bond donors (Lipinski definition) is 1. The number of nitro groups is 1. The summed E-state index contributed by atoms with van der Waals surface area (Å²) in [6, 6.07) is 8.34. The minimum atomic E-state index is -3.49. The van der Waals surface area contributed by atoms with Gasteiger partial charge in [0.25, 0.3) is 0 Å². The summed E-state index contributed by atoms with van der Waals surface area (Å²) in [6.45, 7) is 0. The average molecular weight is 387 g/mol. The number of hydrogen-bond acceptors (Lipinski definition) is 6. The Labute approximate surface area is 148 Å². The lowest BCUT2D eigenvalue weighted by molar-refractivity contribution is -0.383. The van der Waals surface area contributed by atoms with Crippen molar-refractivity contribution in [2.45, 2.75) is 23.1 Å². The summed E-state index contributed by atoms with van der Waals surface area (Å²) in [5, 5.41) is 15.3. The fourth-order valence-corrected chi connectivity index (χ4v) is 4.60. The summed E-state index contributed by atoms with van der Waals surface area (Å²) in [7, 11) is -3.49. The molecule has 0 radical (unpaired) electrons. The molecule has 0 spiro atoms.